The van der Waals surface area contributed by atoms with Crippen LogP contribution in [0.2, 0.25) is 0 Å². The fraction of sp³-hybridized carbons (Fsp3) is 0.867. The van der Waals surface area contributed by atoms with Crippen LogP contribution < -0.4 is 5.32 Å². The van der Waals surface area contributed by atoms with Crippen molar-refractivity contribution in [3.63, 3.8) is 0 Å². The topological polar surface area (TPSA) is 69.6 Å². The van der Waals surface area contributed by atoms with Crippen LogP contribution >= 0.6 is 0 Å². The number of nitrogens with zero attached hydrogens (tertiary/aromatic N) is 1. The zero-order chi connectivity index (χ0) is 15.3. The Morgan fingerprint density at radius 3 is 1.95 bits per heavy atom. The number of nitrogens with one attached hydrogen (secondary N) is 1. The Kier molecular flexibility index (Phi) is 5.84. The number of carbonyl (C=O) groups is 2. The summed E-state index contributed by atoms with van der Waals surface area (Å²) in [6.45, 7) is 9.72. The van der Waals surface area contributed by atoms with Gasteiger partial charge in [-0.1, -0.05) is 27.7 Å². The third-order valence-electron chi connectivity index (χ3n) is 3.63. The van der Waals surface area contributed by atoms with E-state index < -0.39 is 11.5 Å². The van der Waals surface area contributed by atoms with Gasteiger partial charge in [0.25, 0.3) is 0 Å². The Balaban J connectivity index is 2.66. The molecule has 2 N–H and O–H groups in total. The lowest BCUT2D eigenvalue weighted by atomic mass is 9.74. The van der Waals surface area contributed by atoms with Crippen molar-refractivity contribution in [3.05, 3.63) is 0 Å². The van der Waals surface area contributed by atoms with Gasteiger partial charge in [-0.3, -0.25) is 4.79 Å². The highest BCUT2D eigenvalue weighted by Crippen LogP contribution is 2.35. The predicted octanol–water partition coefficient (Wildman–Crippen LogP) is 2.71. The summed E-state index contributed by atoms with van der Waals surface area (Å²) in [5.74, 6) is -0.0445. The van der Waals surface area contributed by atoms with Gasteiger partial charge in [-0.15, -0.1) is 0 Å². The second kappa shape index (κ2) is 6.95. The molecule has 0 radical (unpaired) electrons. The lowest BCUT2D eigenvalue weighted by Crippen LogP contribution is -2.58. The number of aliphatic carboxylic acids is 1. The molecule has 1 fully saturated rings. The molecule has 0 saturated heterocycles. The van der Waals surface area contributed by atoms with Gasteiger partial charge in [0.05, 0.1) is 12.0 Å². The Morgan fingerprint density at radius 2 is 1.65 bits per heavy atom. The maximum Gasteiger partial charge on any atom is 0.317 e. The molecule has 1 aliphatic rings. The minimum Gasteiger partial charge on any atom is -0.481 e. The number of carboxylic acids is 1. The summed E-state index contributed by atoms with van der Waals surface area (Å²) in [6, 6.07) is -0.117. The van der Waals surface area contributed by atoms with Crippen LogP contribution in [0, 0.1) is 11.8 Å². The third-order valence-corrected chi connectivity index (χ3v) is 3.63. The summed E-state index contributed by atoms with van der Waals surface area (Å²) in [6.07, 6.45) is 2.54. The maximum atomic E-state index is 12.4. The van der Waals surface area contributed by atoms with E-state index in [0.717, 1.165) is 19.3 Å². The number of carbonyl (C=O) groups excluding carboxylic acids is 1. The lowest BCUT2D eigenvalue weighted by molar-refractivity contribution is -0.139. The van der Waals surface area contributed by atoms with Crippen molar-refractivity contribution in [3.8, 4) is 0 Å². The molecule has 1 saturated carbocycles. The van der Waals surface area contributed by atoms with E-state index in [1.54, 1.807) is 0 Å². The Hall–Kier alpha value is -1.26. The van der Waals surface area contributed by atoms with Gasteiger partial charge in [0, 0.05) is 13.1 Å². The summed E-state index contributed by atoms with van der Waals surface area (Å²) in [5, 5.41) is 12.0. The second-order valence-electron chi connectivity index (χ2n) is 6.83. The number of amides is 2. The molecule has 0 unspecified atom stereocenters. The first-order chi connectivity index (χ1) is 9.24. The fourth-order valence-electron chi connectivity index (χ4n) is 2.67. The summed E-state index contributed by atoms with van der Waals surface area (Å²) in [4.78, 5) is 25.2. The largest absolute Gasteiger partial charge is 0.481 e. The van der Waals surface area contributed by atoms with E-state index in [1.165, 1.54) is 0 Å². The molecule has 5 nitrogen and oxygen atoms in total. The predicted molar refractivity (Wildman–Crippen MR) is 78.6 cm³/mol. The molecule has 0 spiro atoms. The van der Waals surface area contributed by atoms with E-state index in [-0.39, 0.29) is 12.5 Å². The molecule has 0 aromatic heterocycles. The van der Waals surface area contributed by atoms with E-state index in [0.29, 0.717) is 24.9 Å². The van der Waals surface area contributed by atoms with Gasteiger partial charge in [-0.2, -0.15) is 0 Å². The first kappa shape index (κ1) is 16.8. The molecule has 0 bridgehead atoms. The highest BCUT2D eigenvalue weighted by molar-refractivity contribution is 5.77. The number of rotatable bonds is 7. The molecule has 20 heavy (non-hydrogen) atoms. The molecule has 0 aromatic rings. The molecule has 0 aliphatic heterocycles. The Morgan fingerprint density at radius 1 is 1.15 bits per heavy atom. The van der Waals surface area contributed by atoms with Crippen molar-refractivity contribution >= 4 is 12.0 Å². The number of hydrogen-bond donors (Lipinski definition) is 2. The summed E-state index contributed by atoms with van der Waals surface area (Å²) < 4.78 is 0. The summed E-state index contributed by atoms with van der Waals surface area (Å²) >= 11 is 0. The Bertz CT molecular complexity index is 339. The maximum absolute atomic E-state index is 12.4. The van der Waals surface area contributed by atoms with E-state index in [2.05, 4.69) is 33.0 Å². The van der Waals surface area contributed by atoms with Crippen LogP contribution in [0.25, 0.3) is 0 Å². The standard InChI is InChI=1S/C15H28N2O3/c1-11(2)9-17(10-12(3)4)14(20)16-15(6-5-7-15)8-13(18)19/h11-12H,5-10H2,1-4H3,(H,16,20)(H,18,19). The van der Waals surface area contributed by atoms with Crippen LogP contribution in [0.15, 0.2) is 0 Å². The van der Waals surface area contributed by atoms with Crippen molar-refractivity contribution in [1.29, 1.82) is 0 Å². The highest BCUT2D eigenvalue weighted by Gasteiger charge is 2.41. The number of urea groups is 1. The van der Waals surface area contributed by atoms with Crippen molar-refractivity contribution in [2.75, 3.05) is 13.1 Å². The van der Waals surface area contributed by atoms with Crippen molar-refractivity contribution in [2.24, 2.45) is 11.8 Å². The van der Waals surface area contributed by atoms with Gasteiger partial charge < -0.3 is 15.3 Å². The van der Waals surface area contributed by atoms with E-state index >= 15 is 0 Å². The quantitative estimate of drug-likeness (QED) is 0.755. The van der Waals surface area contributed by atoms with Crippen LogP contribution in [-0.4, -0.2) is 40.6 Å². The highest BCUT2D eigenvalue weighted by atomic mass is 16.4. The monoisotopic (exact) mass is 284 g/mol. The minimum atomic E-state index is -0.843. The average Bonchev–Trinajstić information content (AvgIpc) is 2.22. The van der Waals surface area contributed by atoms with E-state index in [9.17, 15) is 9.59 Å². The summed E-state index contributed by atoms with van der Waals surface area (Å²) in [7, 11) is 0. The SMILES string of the molecule is CC(C)CN(CC(C)C)C(=O)NC1(CC(=O)O)CCC1. The van der Waals surface area contributed by atoms with E-state index in [4.69, 9.17) is 5.11 Å². The fourth-order valence-corrected chi connectivity index (χ4v) is 2.67. The zero-order valence-electron chi connectivity index (χ0n) is 13.1. The molecular weight excluding hydrogens is 256 g/mol. The molecular formula is C15H28N2O3. The molecule has 2 amide bonds. The van der Waals surface area contributed by atoms with Gasteiger partial charge in [0.15, 0.2) is 0 Å². The van der Waals surface area contributed by atoms with Gasteiger partial charge >= 0.3 is 12.0 Å². The third kappa shape index (κ3) is 5.02. The van der Waals surface area contributed by atoms with Crippen LogP contribution in [0.4, 0.5) is 4.79 Å². The van der Waals surface area contributed by atoms with Gasteiger partial charge in [-0.05, 0) is 31.1 Å². The van der Waals surface area contributed by atoms with Crippen molar-refractivity contribution in [1.82, 2.24) is 10.2 Å². The van der Waals surface area contributed by atoms with Crippen molar-refractivity contribution < 1.29 is 14.7 Å². The van der Waals surface area contributed by atoms with E-state index in [1.807, 2.05) is 4.90 Å². The molecule has 1 aliphatic carbocycles. The van der Waals surface area contributed by atoms with Crippen LogP contribution in [0.3, 0.4) is 0 Å². The first-order valence-corrected chi connectivity index (χ1v) is 7.53. The summed E-state index contributed by atoms with van der Waals surface area (Å²) in [5.41, 5.74) is -0.519. The van der Waals surface area contributed by atoms with Gasteiger partial charge in [0.2, 0.25) is 0 Å². The normalized spacial score (nSPS) is 16.9. The molecule has 0 aromatic carbocycles. The smallest absolute Gasteiger partial charge is 0.317 e. The van der Waals surface area contributed by atoms with Crippen LogP contribution in [0.5, 0.6) is 0 Å². The van der Waals surface area contributed by atoms with Crippen molar-refractivity contribution in [2.45, 2.75) is 58.9 Å². The molecule has 116 valence electrons. The minimum absolute atomic E-state index is 0.0237. The zero-order valence-corrected chi connectivity index (χ0v) is 13.1. The molecule has 5 heteroatoms. The van der Waals surface area contributed by atoms with Crippen LogP contribution in [0.1, 0.15) is 53.4 Å². The average molecular weight is 284 g/mol. The Labute approximate surface area is 121 Å². The first-order valence-electron chi connectivity index (χ1n) is 7.53. The number of carboxylic acid groups (broad SMARTS) is 1. The second-order valence-corrected chi connectivity index (χ2v) is 6.83. The molecule has 1 rings (SSSR count). The number of hydrogen-bond acceptors (Lipinski definition) is 2. The van der Waals surface area contributed by atoms with Gasteiger partial charge in [-0.25, -0.2) is 4.79 Å². The molecule has 0 heterocycles. The van der Waals surface area contributed by atoms with Gasteiger partial charge in [0.1, 0.15) is 0 Å². The van der Waals surface area contributed by atoms with Crippen LogP contribution in [-0.2, 0) is 4.79 Å². The lowest BCUT2D eigenvalue weighted by Gasteiger charge is -2.43. The molecule has 0 atom stereocenters.